The van der Waals surface area contributed by atoms with Crippen molar-refractivity contribution in [3.63, 3.8) is 0 Å². The van der Waals surface area contributed by atoms with Crippen LogP contribution in [0.4, 0.5) is 0 Å². The van der Waals surface area contributed by atoms with Crippen LogP contribution in [0.15, 0.2) is 41.3 Å². The summed E-state index contributed by atoms with van der Waals surface area (Å²) in [4.78, 5) is 30.2. The highest BCUT2D eigenvalue weighted by Crippen LogP contribution is 2.31. The molecule has 0 spiro atoms. The van der Waals surface area contributed by atoms with Crippen LogP contribution in [0.25, 0.3) is 44.2 Å². The van der Waals surface area contributed by atoms with Crippen LogP contribution >= 0.6 is 0 Å². The second-order valence-corrected chi connectivity index (χ2v) is 8.21. The Morgan fingerprint density at radius 1 is 1.03 bits per heavy atom. The summed E-state index contributed by atoms with van der Waals surface area (Å²) in [5.41, 5.74) is 13.8. The second kappa shape index (κ2) is 7.84. The third-order valence-electron chi connectivity index (χ3n) is 6.11. The van der Waals surface area contributed by atoms with E-state index in [0.29, 0.717) is 23.3 Å². The molecule has 3 N–H and O–H groups in total. The number of H-pyrrole nitrogens is 1. The third-order valence-corrected chi connectivity index (χ3v) is 6.11. The Labute approximate surface area is 185 Å². The fourth-order valence-electron chi connectivity index (χ4n) is 4.35. The number of benzene rings is 2. The van der Waals surface area contributed by atoms with Crippen LogP contribution in [0, 0.1) is 13.8 Å². The fourth-order valence-corrected chi connectivity index (χ4v) is 4.35. The van der Waals surface area contributed by atoms with Gasteiger partial charge in [-0.05, 0) is 50.9 Å². The Morgan fingerprint density at radius 2 is 1.78 bits per heavy atom. The van der Waals surface area contributed by atoms with Crippen molar-refractivity contribution in [3.8, 4) is 11.3 Å². The third kappa shape index (κ3) is 3.26. The summed E-state index contributed by atoms with van der Waals surface area (Å²) < 4.78 is 2.21. The van der Waals surface area contributed by atoms with Crippen LogP contribution < -0.4 is 11.3 Å². The lowest BCUT2D eigenvalue weighted by Crippen LogP contribution is -2.11. The Balaban J connectivity index is 1.77. The Kier molecular flexibility index (Phi) is 4.98. The number of fused-ring (bicyclic) bond motifs is 3. The highest BCUT2D eigenvalue weighted by atomic mass is 16.1. The molecular formula is C25H26N6O. The molecule has 5 rings (SSSR count). The van der Waals surface area contributed by atoms with E-state index >= 15 is 0 Å². The molecule has 0 aliphatic carbocycles. The first kappa shape index (κ1) is 20.3. The zero-order valence-electron chi connectivity index (χ0n) is 18.6. The molecule has 7 heteroatoms. The van der Waals surface area contributed by atoms with Crippen molar-refractivity contribution >= 4 is 33.0 Å². The largest absolute Gasteiger partial charge is 0.347 e. The van der Waals surface area contributed by atoms with E-state index in [1.165, 1.54) is 5.56 Å². The van der Waals surface area contributed by atoms with Crippen molar-refractivity contribution in [3.05, 3.63) is 63.8 Å². The SMILES string of the molecule is CCc1cccc2c(-c3nc4cc5nc(C)c(C)nc5cc4[nH]c3=O)cn(CCCN)c12. The molecule has 0 bridgehead atoms. The highest BCUT2D eigenvalue weighted by molar-refractivity contribution is 5.98. The summed E-state index contributed by atoms with van der Waals surface area (Å²) >= 11 is 0. The molecule has 3 aromatic heterocycles. The quantitative estimate of drug-likeness (QED) is 0.413. The van der Waals surface area contributed by atoms with Crippen LogP contribution in [0.5, 0.6) is 0 Å². The summed E-state index contributed by atoms with van der Waals surface area (Å²) in [7, 11) is 0. The highest BCUT2D eigenvalue weighted by Gasteiger charge is 2.17. The van der Waals surface area contributed by atoms with Crippen molar-refractivity contribution in [1.29, 1.82) is 0 Å². The summed E-state index contributed by atoms with van der Waals surface area (Å²) in [5.74, 6) is 0. The number of hydrogen-bond acceptors (Lipinski definition) is 5. The number of rotatable bonds is 5. The molecule has 2 aromatic carbocycles. The molecule has 0 amide bonds. The Morgan fingerprint density at radius 3 is 2.50 bits per heavy atom. The first-order valence-electron chi connectivity index (χ1n) is 11.0. The van der Waals surface area contributed by atoms with Gasteiger partial charge in [-0.25, -0.2) is 15.0 Å². The van der Waals surface area contributed by atoms with Crippen molar-refractivity contribution in [1.82, 2.24) is 24.5 Å². The predicted octanol–water partition coefficient (Wildman–Crippen LogP) is 4.02. The van der Waals surface area contributed by atoms with Crippen LogP contribution in [-0.4, -0.2) is 31.0 Å². The maximum absolute atomic E-state index is 13.1. The molecule has 32 heavy (non-hydrogen) atoms. The van der Waals surface area contributed by atoms with Gasteiger partial charge in [0.25, 0.3) is 5.56 Å². The van der Waals surface area contributed by atoms with Crippen molar-refractivity contribution < 1.29 is 0 Å². The zero-order chi connectivity index (χ0) is 22.4. The van der Waals surface area contributed by atoms with Crippen LogP contribution in [0.2, 0.25) is 0 Å². The van der Waals surface area contributed by atoms with Gasteiger partial charge < -0.3 is 15.3 Å². The summed E-state index contributed by atoms with van der Waals surface area (Å²) in [5, 5.41) is 1.03. The molecule has 0 fully saturated rings. The number of nitrogens with zero attached hydrogens (tertiary/aromatic N) is 4. The van der Waals surface area contributed by atoms with E-state index in [1.54, 1.807) is 0 Å². The van der Waals surface area contributed by atoms with E-state index < -0.39 is 0 Å². The molecule has 0 aliphatic rings. The molecule has 0 radical (unpaired) electrons. The van der Waals surface area contributed by atoms with Gasteiger partial charge in [-0.2, -0.15) is 0 Å². The minimum Gasteiger partial charge on any atom is -0.347 e. The maximum Gasteiger partial charge on any atom is 0.275 e. The van der Waals surface area contributed by atoms with E-state index in [9.17, 15) is 4.79 Å². The van der Waals surface area contributed by atoms with Crippen molar-refractivity contribution in [2.75, 3.05) is 6.54 Å². The molecule has 5 aromatic rings. The molecule has 7 nitrogen and oxygen atoms in total. The topological polar surface area (TPSA) is 102 Å². The lowest BCUT2D eigenvalue weighted by molar-refractivity contribution is 0.669. The van der Waals surface area contributed by atoms with E-state index in [-0.39, 0.29) is 5.56 Å². The van der Waals surface area contributed by atoms with E-state index in [1.807, 2.05) is 38.2 Å². The van der Waals surface area contributed by atoms with Gasteiger partial charge in [0.1, 0.15) is 5.69 Å². The molecule has 0 saturated heterocycles. The molecule has 3 heterocycles. The lowest BCUT2D eigenvalue weighted by atomic mass is 10.1. The molecule has 0 saturated carbocycles. The Bertz CT molecular complexity index is 1550. The maximum atomic E-state index is 13.1. The molecule has 162 valence electrons. The van der Waals surface area contributed by atoms with Crippen molar-refractivity contribution in [2.45, 2.75) is 40.2 Å². The van der Waals surface area contributed by atoms with E-state index in [4.69, 9.17) is 10.7 Å². The zero-order valence-corrected chi connectivity index (χ0v) is 18.6. The lowest BCUT2D eigenvalue weighted by Gasteiger charge is -2.07. The first-order chi connectivity index (χ1) is 15.5. The number of nitrogens with one attached hydrogen (secondary N) is 1. The smallest absolute Gasteiger partial charge is 0.275 e. The molecule has 0 unspecified atom stereocenters. The standard InChI is InChI=1S/C25H26N6O/c1-4-16-7-5-8-17-18(13-31(24(16)17)10-6-9-26)23-25(32)30-22-12-20-19(11-21(22)29-23)27-14(2)15(3)28-20/h5,7-8,11-13H,4,6,9-10,26H2,1-3H3,(H,30,32). The van der Waals surface area contributed by atoms with Gasteiger partial charge in [-0.15, -0.1) is 0 Å². The summed E-state index contributed by atoms with van der Waals surface area (Å²) in [6.45, 7) is 7.44. The number of para-hydroxylation sites is 1. The summed E-state index contributed by atoms with van der Waals surface area (Å²) in [6.07, 6.45) is 3.82. The average Bonchev–Trinajstić information content (AvgIpc) is 3.15. The van der Waals surface area contributed by atoms with Gasteiger partial charge in [0.15, 0.2) is 0 Å². The van der Waals surface area contributed by atoms with Crippen LogP contribution in [0.1, 0.15) is 30.3 Å². The number of aromatic nitrogens is 5. The summed E-state index contributed by atoms with van der Waals surface area (Å²) in [6, 6.07) is 9.99. The fraction of sp³-hybridized carbons (Fsp3) is 0.280. The first-order valence-corrected chi connectivity index (χ1v) is 11.0. The minimum atomic E-state index is -0.214. The second-order valence-electron chi connectivity index (χ2n) is 8.21. The van der Waals surface area contributed by atoms with E-state index in [0.717, 1.165) is 58.3 Å². The van der Waals surface area contributed by atoms with E-state index in [2.05, 4.69) is 38.6 Å². The number of aryl methyl sites for hydroxylation is 4. The molecular weight excluding hydrogens is 400 g/mol. The Hall–Kier alpha value is -3.58. The van der Waals surface area contributed by atoms with Gasteiger partial charge in [0.05, 0.1) is 39.0 Å². The van der Waals surface area contributed by atoms with Gasteiger partial charge in [-0.1, -0.05) is 25.1 Å². The van der Waals surface area contributed by atoms with Gasteiger partial charge in [0.2, 0.25) is 0 Å². The minimum absolute atomic E-state index is 0.214. The molecule has 0 aliphatic heterocycles. The van der Waals surface area contributed by atoms with Crippen molar-refractivity contribution in [2.24, 2.45) is 5.73 Å². The van der Waals surface area contributed by atoms with Gasteiger partial charge in [-0.3, -0.25) is 4.79 Å². The monoisotopic (exact) mass is 426 g/mol. The van der Waals surface area contributed by atoms with Crippen LogP contribution in [0.3, 0.4) is 0 Å². The van der Waals surface area contributed by atoms with Crippen LogP contribution in [-0.2, 0) is 13.0 Å². The number of aromatic amines is 1. The van der Waals surface area contributed by atoms with Gasteiger partial charge in [0, 0.05) is 23.7 Å². The number of nitrogens with two attached hydrogens (primary N) is 1. The van der Waals surface area contributed by atoms with Gasteiger partial charge >= 0.3 is 0 Å². The normalized spacial score (nSPS) is 11.8. The average molecular weight is 427 g/mol. The predicted molar refractivity (Wildman–Crippen MR) is 129 cm³/mol. The molecule has 0 atom stereocenters. The number of hydrogen-bond donors (Lipinski definition) is 2.